The van der Waals surface area contributed by atoms with Crippen LogP contribution in [0.2, 0.25) is 5.02 Å². The van der Waals surface area contributed by atoms with Gasteiger partial charge in [0.1, 0.15) is 0 Å². The van der Waals surface area contributed by atoms with Gasteiger partial charge in [-0.25, -0.2) is 0 Å². The largest absolute Gasteiger partial charge is 0.388 e. The molecule has 4 nitrogen and oxygen atoms in total. The number of nitrogens with zero attached hydrogens (tertiary/aromatic N) is 1. The highest BCUT2D eigenvalue weighted by Gasteiger charge is 2.32. The average molecular weight is 302 g/mol. The minimum atomic E-state index is -0.815. The topological polar surface area (TPSA) is 60.8 Å². The van der Waals surface area contributed by atoms with E-state index in [0.717, 1.165) is 11.3 Å². The summed E-state index contributed by atoms with van der Waals surface area (Å²) < 4.78 is 0. The maximum absolute atomic E-state index is 11.8. The molecule has 1 aliphatic heterocycles. The molecule has 1 aliphatic rings. The second kappa shape index (κ2) is 6.61. The van der Waals surface area contributed by atoms with E-state index < -0.39 is 12.2 Å². The molecule has 0 unspecified atom stereocenters. The molecule has 1 saturated heterocycles. The van der Waals surface area contributed by atoms with Gasteiger partial charge >= 0.3 is 0 Å². The highest BCUT2D eigenvalue weighted by Crippen LogP contribution is 2.17. The number of likely N-dealkylation sites (tertiary alicyclic amines) is 1. The normalized spacial score (nSPS) is 22.8. The molecular weight excluding hydrogens is 286 g/mol. The van der Waals surface area contributed by atoms with Crippen molar-refractivity contribution in [2.75, 3.05) is 18.8 Å². The number of amides is 1. The molecule has 1 aromatic carbocycles. The molecule has 19 heavy (non-hydrogen) atoms. The molecule has 0 aromatic heterocycles. The van der Waals surface area contributed by atoms with E-state index in [1.807, 2.05) is 24.3 Å². The summed E-state index contributed by atoms with van der Waals surface area (Å²) >= 11 is 7.31. The van der Waals surface area contributed by atoms with Crippen molar-refractivity contribution >= 4 is 29.3 Å². The fourth-order valence-electron chi connectivity index (χ4n) is 1.90. The van der Waals surface area contributed by atoms with Crippen molar-refractivity contribution in [2.24, 2.45) is 0 Å². The number of β-amino-alcohol motifs (C(OH)–C–C–N with tert-alkyl or cyclic N) is 2. The van der Waals surface area contributed by atoms with Crippen molar-refractivity contribution in [1.82, 2.24) is 4.90 Å². The molecule has 0 bridgehead atoms. The fourth-order valence-corrected chi connectivity index (χ4v) is 2.91. The van der Waals surface area contributed by atoms with Crippen LogP contribution in [0.5, 0.6) is 0 Å². The van der Waals surface area contributed by atoms with Crippen LogP contribution in [-0.2, 0) is 10.5 Å². The van der Waals surface area contributed by atoms with Crippen molar-refractivity contribution in [2.45, 2.75) is 18.0 Å². The zero-order valence-corrected chi connectivity index (χ0v) is 11.9. The lowest BCUT2D eigenvalue weighted by molar-refractivity contribution is -0.127. The van der Waals surface area contributed by atoms with Crippen molar-refractivity contribution in [3.05, 3.63) is 34.9 Å². The van der Waals surface area contributed by atoms with Crippen LogP contribution < -0.4 is 0 Å². The van der Waals surface area contributed by atoms with Crippen LogP contribution in [0.15, 0.2) is 24.3 Å². The van der Waals surface area contributed by atoms with E-state index in [1.54, 1.807) is 0 Å². The minimum Gasteiger partial charge on any atom is -0.388 e. The summed E-state index contributed by atoms with van der Waals surface area (Å²) in [7, 11) is 0. The van der Waals surface area contributed by atoms with Crippen LogP contribution in [0.25, 0.3) is 0 Å². The summed E-state index contributed by atoms with van der Waals surface area (Å²) in [4.78, 5) is 13.3. The monoisotopic (exact) mass is 301 g/mol. The van der Waals surface area contributed by atoms with Gasteiger partial charge in [-0.3, -0.25) is 4.79 Å². The maximum Gasteiger partial charge on any atom is 0.232 e. The number of carbonyl (C=O) groups excluding carboxylic acids is 1. The Hall–Kier alpha value is -0.750. The number of halogens is 1. The first-order chi connectivity index (χ1) is 9.06. The molecular formula is C13H16ClNO3S. The summed E-state index contributed by atoms with van der Waals surface area (Å²) in [5.74, 6) is 1.04. The molecule has 0 saturated carbocycles. The Morgan fingerprint density at radius 1 is 1.26 bits per heavy atom. The number of benzene rings is 1. The Labute approximate surface area is 121 Å². The first-order valence-corrected chi connectivity index (χ1v) is 7.55. The van der Waals surface area contributed by atoms with Gasteiger partial charge in [0, 0.05) is 23.9 Å². The zero-order chi connectivity index (χ0) is 13.8. The third kappa shape index (κ3) is 4.11. The Bertz CT molecular complexity index is 430. The molecule has 1 amide bonds. The molecule has 2 N–H and O–H groups in total. The lowest BCUT2D eigenvalue weighted by atomic mass is 10.2. The van der Waals surface area contributed by atoms with E-state index in [1.165, 1.54) is 16.7 Å². The van der Waals surface area contributed by atoms with Crippen molar-refractivity contribution < 1.29 is 15.0 Å². The highest BCUT2D eigenvalue weighted by molar-refractivity contribution is 7.99. The standard InChI is InChI=1S/C13H16ClNO3S/c14-10-3-1-9(2-4-10)7-19-8-13(18)15-5-11(16)12(17)6-15/h1-4,11-12,16-17H,5-8H2/t11-,12+. The van der Waals surface area contributed by atoms with Gasteiger partial charge in [0.15, 0.2) is 0 Å². The van der Waals surface area contributed by atoms with E-state index in [-0.39, 0.29) is 19.0 Å². The lowest BCUT2D eigenvalue weighted by Gasteiger charge is -2.14. The van der Waals surface area contributed by atoms with Gasteiger partial charge in [0.05, 0.1) is 18.0 Å². The van der Waals surface area contributed by atoms with Crippen LogP contribution in [0, 0.1) is 0 Å². The highest BCUT2D eigenvalue weighted by atomic mass is 35.5. The van der Waals surface area contributed by atoms with E-state index in [0.29, 0.717) is 10.8 Å². The Kier molecular flexibility index (Phi) is 5.10. The Balaban J connectivity index is 1.74. The van der Waals surface area contributed by atoms with Crippen LogP contribution in [0.3, 0.4) is 0 Å². The molecule has 104 valence electrons. The van der Waals surface area contributed by atoms with Crippen LogP contribution in [0.1, 0.15) is 5.56 Å². The number of carbonyl (C=O) groups is 1. The molecule has 0 aliphatic carbocycles. The van der Waals surface area contributed by atoms with E-state index in [2.05, 4.69) is 0 Å². The van der Waals surface area contributed by atoms with Gasteiger partial charge < -0.3 is 15.1 Å². The molecule has 2 rings (SSSR count). The summed E-state index contributed by atoms with van der Waals surface area (Å²) in [6.45, 7) is 0.447. The first-order valence-electron chi connectivity index (χ1n) is 6.02. The van der Waals surface area contributed by atoms with Crippen LogP contribution in [0.4, 0.5) is 0 Å². The Morgan fingerprint density at radius 3 is 2.42 bits per heavy atom. The average Bonchev–Trinajstić information content (AvgIpc) is 2.72. The van der Waals surface area contributed by atoms with Gasteiger partial charge in [0.2, 0.25) is 5.91 Å². The fraction of sp³-hybridized carbons (Fsp3) is 0.462. The summed E-state index contributed by atoms with van der Waals surface area (Å²) in [5, 5.41) is 19.5. The van der Waals surface area contributed by atoms with Crippen molar-refractivity contribution in [3.63, 3.8) is 0 Å². The minimum absolute atomic E-state index is 0.0467. The molecule has 2 atom stereocenters. The maximum atomic E-state index is 11.8. The predicted molar refractivity (Wildman–Crippen MR) is 76.2 cm³/mol. The summed E-state index contributed by atoms with van der Waals surface area (Å²) in [6, 6.07) is 7.52. The van der Waals surface area contributed by atoms with Gasteiger partial charge in [-0.15, -0.1) is 11.8 Å². The number of hydrogen-bond donors (Lipinski definition) is 2. The molecule has 1 heterocycles. The smallest absolute Gasteiger partial charge is 0.232 e. The first kappa shape index (κ1) is 14.7. The number of aliphatic hydroxyl groups is 2. The number of thioether (sulfide) groups is 1. The van der Waals surface area contributed by atoms with Gasteiger partial charge in [-0.2, -0.15) is 0 Å². The van der Waals surface area contributed by atoms with E-state index >= 15 is 0 Å². The zero-order valence-electron chi connectivity index (χ0n) is 10.3. The number of rotatable bonds is 4. The third-order valence-corrected chi connectivity index (χ3v) is 4.26. The molecule has 6 heteroatoms. The lowest BCUT2D eigenvalue weighted by Crippen LogP contribution is -2.31. The van der Waals surface area contributed by atoms with Gasteiger partial charge in [-0.1, -0.05) is 23.7 Å². The van der Waals surface area contributed by atoms with Crippen molar-refractivity contribution in [1.29, 1.82) is 0 Å². The second-order valence-electron chi connectivity index (χ2n) is 4.55. The SMILES string of the molecule is O=C(CSCc1ccc(Cl)cc1)N1C[C@@H](O)[C@@H](O)C1. The second-order valence-corrected chi connectivity index (χ2v) is 5.97. The van der Waals surface area contributed by atoms with Crippen LogP contribution >= 0.6 is 23.4 Å². The van der Waals surface area contributed by atoms with E-state index in [4.69, 9.17) is 11.6 Å². The number of hydrogen-bond acceptors (Lipinski definition) is 4. The van der Waals surface area contributed by atoms with Crippen LogP contribution in [-0.4, -0.2) is 52.1 Å². The van der Waals surface area contributed by atoms with Crippen molar-refractivity contribution in [3.8, 4) is 0 Å². The molecule has 1 fully saturated rings. The predicted octanol–water partition coefficient (Wildman–Crippen LogP) is 1.14. The summed E-state index contributed by atoms with van der Waals surface area (Å²) in [5.41, 5.74) is 1.11. The Morgan fingerprint density at radius 2 is 1.84 bits per heavy atom. The van der Waals surface area contributed by atoms with E-state index in [9.17, 15) is 15.0 Å². The number of aliphatic hydroxyl groups excluding tert-OH is 2. The molecule has 0 spiro atoms. The molecule has 0 radical (unpaired) electrons. The molecule has 1 aromatic rings. The van der Waals surface area contributed by atoms with Gasteiger partial charge in [0.25, 0.3) is 0 Å². The summed E-state index contributed by atoms with van der Waals surface area (Å²) in [6.07, 6.45) is -1.63. The third-order valence-electron chi connectivity index (χ3n) is 3.02. The van der Waals surface area contributed by atoms with Gasteiger partial charge in [-0.05, 0) is 17.7 Å². The quantitative estimate of drug-likeness (QED) is 0.875.